The highest BCUT2D eigenvalue weighted by atomic mass is 16.7. The Morgan fingerprint density at radius 2 is 1.78 bits per heavy atom. The van der Waals surface area contributed by atoms with E-state index in [4.69, 9.17) is 18.9 Å². The Balaban J connectivity index is 1.41. The lowest BCUT2D eigenvalue weighted by atomic mass is 9.47. The van der Waals surface area contributed by atoms with Crippen LogP contribution in [0.25, 0.3) is 0 Å². The first-order valence-electron chi connectivity index (χ1n) is 13.3. The van der Waals surface area contributed by atoms with Gasteiger partial charge in [0.05, 0.1) is 29.8 Å². The monoisotopic (exact) mass is 494 g/mol. The molecule has 0 N–H and O–H groups in total. The van der Waals surface area contributed by atoms with Crippen molar-refractivity contribution in [3.05, 3.63) is 23.8 Å². The van der Waals surface area contributed by atoms with Gasteiger partial charge >= 0.3 is 11.9 Å². The Labute approximate surface area is 208 Å². The molecule has 0 aromatic rings. The summed E-state index contributed by atoms with van der Waals surface area (Å²) >= 11 is 0. The first-order valence-corrected chi connectivity index (χ1v) is 13.3. The molecule has 1 saturated carbocycles. The molecule has 8 aliphatic rings. The maximum absolute atomic E-state index is 14.8. The number of ketones is 2. The van der Waals surface area contributed by atoms with Crippen LogP contribution in [0.3, 0.4) is 0 Å². The van der Waals surface area contributed by atoms with E-state index in [2.05, 4.69) is 6.08 Å². The van der Waals surface area contributed by atoms with Gasteiger partial charge in [-0.3, -0.25) is 19.2 Å². The molecular weight excluding hydrogens is 464 g/mol. The molecule has 11 atom stereocenters. The summed E-state index contributed by atoms with van der Waals surface area (Å²) in [5, 5.41) is 0. The summed E-state index contributed by atoms with van der Waals surface area (Å²) in [5.41, 5.74) is -3.07. The van der Waals surface area contributed by atoms with Crippen LogP contribution in [0.1, 0.15) is 52.9 Å². The number of fused-ring (bicyclic) bond motifs is 5. The molecule has 3 aliphatic carbocycles. The molecule has 0 aromatic carbocycles. The maximum Gasteiger partial charge on any atom is 0.312 e. The van der Waals surface area contributed by atoms with Gasteiger partial charge in [0.15, 0.2) is 17.2 Å². The van der Waals surface area contributed by atoms with Crippen molar-refractivity contribution in [1.29, 1.82) is 0 Å². The number of Topliss-reactive ketones (excluding diaryl/α,β-unsaturated/α-hetero) is 1. The third-order valence-electron chi connectivity index (χ3n) is 11.8. The smallest absolute Gasteiger partial charge is 0.312 e. The van der Waals surface area contributed by atoms with Crippen LogP contribution in [-0.4, -0.2) is 53.2 Å². The lowest BCUT2D eigenvalue weighted by molar-refractivity contribution is -0.358. The summed E-state index contributed by atoms with van der Waals surface area (Å²) in [6, 6.07) is 0. The predicted molar refractivity (Wildman–Crippen MR) is 121 cm³/mol. The number of hydrogen-bond acceptors (Lipinski definition) is 8. The molecule has 8 heteroatoms. The number of rotatable bonds is 0. The van der Waals surface area contributed by atoms with Crippen LogP contribution >= 0.6 is 0 Å². The summed E-state index contributed by atoms with van der Waals surface area (Å²) in [6.45, 7) is 5.73. The van der Waals surface area contributed by atoms with Crippen LogP contribution < -0.4 is 0 Å². The molecule has 36 heavy (non-hydrogen) atoms. The van der Waals surface area contributed by atoms with Crippen molar-refractivity contribution in [3.8, 4) is 0 Å². The van der Waals surface area contributed by atoms with Crippen molar-refractivity contribution in [2.24, 2.45) is 40.4 Å². The minimum absolute atomic E-state index is 0.0148. The first-order chi connectivity index (χ1) is 17.0. The van der Waals surface area contributed by atoms with E-state index in [-0.39, 0.29) is 24.1 Å². The lowest BCUT2D eigenvalue weighted by Crippen LogP contribution is -2.75. The van der Waals surface area contributed by atoms with Gasteiger partial charge in [-0.15, -0.1) is 0 Å². The molecule has 0 radical (unpaired) electrons. The Kier molecular flexibility index (Phi) is 3.65. The van der Waals surface area contributed by atoms with E-state index in [1.165, 1.54) is 0 Å². The number of carbonyl (C=O) groups excluding carboxylic acids is 4. The highest BCUT2D eigenvalue weighted by Gasteiger charge is 2.89. The minimum Gasteiger partial charge on any atom is -0.458 e. The predicted octanol–water partition coefficient (Wildman–Crippen LogP) is 2.44. The van der Waals surface area contributed by atoms with Crippen LogP contribution in [-0.2, 0) is 38.1 Å². The van der Waals surface area contributed by atoms with Gasteiger partial charge in [-0.05, 0) is 63.4 Å². The van der Waals surface area contributed by atoms with Crippen LogP contribution in [0, 0.1) is 40.4 Å². The fourth-order valence-corrected chi connectivity index (χ4v) is 10.0. The van der Waals surface area contributed by atoms with Crippen molar-refractivity contribution in [2.45, 2.75) is 76.0 Å². The molecule has 5 heterocycles. The van der Waals surface area contributed by atoms with Crippen LogP contribution in [0.4, 0.5) is 0 Å². The second-order valence-electron chi connectivity index (χ2n) is 12.9. The molecule has 8 nitrogen and oxygen atoms in total. The fraction of sp³-hybridized carbons (Fsp3) is 0.714. The van der Waals surface area contributed by atoms with Gasteiger partial charge in [-0.25, -0.2) is 0 Å². The van der Waals surface area contributed by atoms with E-state index in [0.29, 0.717) is 32.1 Å². The molecule has 5 aliphatic heterocycles. The van der Waals surface area contributed by atoms with Crippen molar-refractivity contribution in [2.75, 3.05) is 6.61 Å². The summed E-state index contributed by atoms with van der Waals surface area (Å²) in [5.74, 6) is -5.36. The van der Waals surface area contributed by atoms with E-state index < -0.39 is 69.5 Å². The number of carbonyl (C=O) groups is 4. The number of ether oxygens (including phenoxy) is 4. The van der Waals surface area contributed by atoms with E-state index in [9.17, 15) is 19.2 Å². The molecule has 190 valence electrons. The second-order valence-corrected chi connectivity index (χ2v) is 12.9. The molecule has 2 spiro atoms. The summed E-state index contributed by atoms with van der Waals surface area (Å²) in [6.07, 6.45) is 7.62. The van der Waals surface area contributed by atoms with E-state index >= 15 is 0 Å². The third kappa shape index (κ3) is 1.92. The van der Waals surface area contributed by atoms with Crippen LogP contribution in [0.15, 0.2) is 23.8 Å². The van der Waals surface area contributed by atoms with E-state index in [0.717, 1.165) is 5.57 Å². The molecule has 6 fully saturated rings. The first kappa shape index (κ1) is 21.7. The van der Waals surface area contributed by atoms with Crippen molar-refractivity contribution in [1.82, 2.24) is 0 Å². The topological polar surface area (TPSA) is 105 Å². The van der Waals surface area contributed by atoms with Crippen molar-refractivity contribution >= 4 is 23.5 Å². The van der Waals surface area contributed by atoms with Crippen molar-refractivity contribution < 1.29 is 38.1 Å². The van der Waals surface area contributed by atoms with Gasteiger partial charge in [0, 0.05) is 5.92 Å². The normalized spacial score (nSPS) is 57.7. The van der Waals surface area contributed by atoms with Gasteiger partial charge in [-0.1, -0.05) is 24.6 Å². The van der Waals surface area contributed by atoms with E-state index in [1.807, 2.05) is 19.9 Å². The molecular formula is C28H30O8. The summed E-state index contributed by atoms with van der Waals surface area (Å²) in [4.78, 5) is 55.1. The van der Waals surface area contributed by atoms with Crippen molar-refractivity contribution in [3.63, 3.8) is 0 Å². The second kappa shape index (κ2) is 6.04. The average molecular weight is 495 g/mol. The number of esters is 2. The largest absolute Gasteiger partial charge is 0.458 e. The number of hydrogen-bond donors (Lipinski definition) is 0. The van der Waals surface area contributed by atoms with Crippen LogP contribution in [0.5, 0.6) is 0 Å². The quantitative estimate of drug-likeness (QED) is 0.374. The average Bonchev–Trinajstić information content (AvgIpc) is 3.16. The third-order valence-corrected chi connectivity index (χ3v) is 11.8. The Bertz CT molecular complexity index is 1250. The standard InChI is InChI=1S/C28H30O8/c1-24-11-19-26(3)27-16(23(32)35-26)10-9-14-15(8-7-13-5-4-6-18(29)25(13,14)2)28(36-27,21(30)20(24)27)33-12-17(24)22(31)34-19/h4,6-7,14-17,19-20H,5,8-12H2,1-3H3. The molecule has 5 saturated heterocycles. The van der Waals surface area contributed by atoms with Gasteiger partial charge in [0.25, 0.3) is 0 Å². The van der Waals surface area contributed by atoms with Gasteiger partial charge in [0.1, 0.15) is 11.7 Å². The molecule has 8 rings (SSSR count). The SMILES string of the molecule is CC12C(=O)C=CCC1=CCC1C2CCC2C(=O)OC3(C)C4CC5(C)C(COC16OC23C5C6=O)C(=O)O4. The highest BCUT2D eigenvalue weighted by Crippen LogP contribution is 2.74. The molecule has 5 bridgehead atoms. The van der Waals surface area contributed by atoms with Gasteiger partial charge < -0.3 is 18.9 Å². The molecule has 0 amide bonds. The Morgan fingerprint density at radius 3 is 2.58 bits per heavy atom. The zero-order chi connectivity index (χ0) is 25.0. The number of allylic oxidation sites excluding steroid dienone is 4. The van der Waals surface area contributed by atoms with Gasteiger partial charge in [0.2, 0.25) is 5.79 Å². The van der Waals surface area contributed by atoms with Crippen LogP contribution in [0.2, 0.25) is 0 Å². The zero-order valence-electron chi connectivity index (χ0n) is 20.7. The molecule has 11 unspecified atom stereocenters. The van der Waals surface area contributed by atoms with E-state index in [1.54, 1.807) is 13.0 Å². The maximum atomic E-state index is 14.8. The summed E-state index contributed by atoms with van der Waals surface area (Å²) in [7, 11) is 0. The summed E-state index contributed by atoms with van der Waals surface area (Å²) < 4.78 is 25.6. The fourth-order valence-electron chi connectivity index (χ4n) is 10.0. The minimum atomic E-state index is -1.64. The highest BCUT2D eigenvalue weighted by molar-refractivity contribution is 6.00. The Morgan fingerprint density at radius 1 is 0.972 bits per heavy atom. The molecule has 0 aromatic heterocycles. The zero-order valence-corrected chi connectivity index (χ0v) is 20.7. The lowest BCUT2D eigenvalue weighted by Gasteiger charge is -2.62. The van der Waals surface area contributed by atoms with Gasteiger partial charge in [-0.2, -0.15) is 0 Å². The Hall–Kier alpha value is -2.32.